The number of aryl methyl sites for hydroxylation is 3. The highest BCUT2D eigenvalue weighted by Crippen LogP contribution is 2.32. The molecule has 3 aliphatic rings. The van der Waals surface area contributed by atoms with Crippen LogP contribution >= 0.6 is 0 Å². The van der Waals surface area contributed by atoms with Gasteiger partial charge in [-0.05, 0) is 93.2 Å². The second-order valence-electron chi connectivity index (χ2n) is 11.2. The van der Waals surface area contributed by atoms with E-state index in [1.54, 1.807) is 6.07 Å². The Morgan fingerprint density at radius 3 is 2.87 bits per heavy atom. The zero-order chi connectivity index (χ0) is 26.5. The topological polar surface area (TPSA) is 81.1 Å². The van der Waals surface area contributed by atoms with Gasteiger partial charge in [-0.15, -0.1) is 0 Å². The molecule has 0 spiro atoms. The van der Waals surface area contributed by atoms with Crippen LogP contribution in [-0.2, 0) is 44.9 Å². The number of hydrogen-bond acceptors (Lipinski definition) is 6. The second-order valence-corrected chi connectivity index (χ2v) is 11.2. The monoisotopic (exact) mass is 526 g/mol. The Morgan fingerprint density at radius 1 is 1.24 bits per heavy atom. The minimum Gasteiger partial charge on any atom is -0.480 e. The van der Waals surface area contributed by atoms with Gasteiger partial charge in [0.05, 0.1) is 25.9 Å². The van der Waals surface area contributed by atoms with Gasteiger partial charge in [-0.2, -0.15) is 0 Å². The van der Waals surface area contributed by atoms with Gasteiger partial charge in [0.25, 0.3) is 0 Å². The third-order valence-electron chi connectivity index (χ3n) is 7.99. The summed E-state index contributed by atoms with van der Waals surface area (Å²) in [5, 5.41) is 10.1. The van der Waals surface area contributed by atoms with Gasteiger partial charge in [-0.1, -0.05) is 12.1 Å². The van der Waals surface area contributed by atoms with Gasteiger partial charge in [-0.3, -0.25) is 14.7 Å². The number of ether oxygens (including phenoxy) is 3. The van der Waals surface area contributed by atoms with Crippen LogP contribution in [-0.4, -0.2) is 65.6 Å². The highest BCUT2D eigenvalue weighted by molar-refractivity contribution is 5.76. The number of rotatable bonds is 12. The third kappa shape index (κ3) is 6.60. The fourth-order valence-corrected chi connectivity index (χ4v) is 5.71. The fourth-order valence-electron chi connectivity index (χ4n) is 5.71. The zero-order valence-electron chi connectivity index (χ0n) is 22.3. The van der Waals surface area contributed by atoms with Crippen molar-refractivity contribution in [2.24, 2.45) is 0 Å². The number of benzene rings is 1. The lowest BCUT2D eigenvalue weighted by Gasteiger charge is -2.38. The molecule has 206 valence electrons. The van der Waals surface area contributed by atoms with Crippen molar-refractivity contribution in [2.75, 3.05) is 32.9 Å². The molecule has 2 atom stereocenters. The molecule has 0 bridgehead atoms. The molecule has 2 aliphatic heterocycles. The van der Waals surface area contributed by atoms with E-state index in [9.17, 15) is 14.3 Å². The van der Waals surface area contributed by atoms with Gasteiger partial charge in [0.15, 0.2) is 0 Å². The Balaban J connectivity index is 1.11. The molecule has 7 nitrogen and oxygen atoms in total. The van der Waals surface area contributed by atoms with Crippen LogP contribution < -0.4 is 0 Å². The smallest absolute Gasteiger partial charge is 0.325 e. The van der Waals surface area contributed by atoms with Crippen molar-refractivity contribution in [2.45, 2.75) is 82.6 Å². The van der Waals surface area contributed by atoms with Gasteiger partial charge in [0.1, 0.15) is 17.5 Å². The summed E-state index contributed by atoms with van der Waals surface area (Å²) in [5.41, 5.74) is 4.60. The first-order valence-electron chi connectivity index (χ1n) is 14.0. The van der Waals surface area contributed by atoms with E-state index in [2.05, 4.69) is 12.1 Å². The van der Waals surface area contributed by atoms with Gasteiger partial charge in [0, 0.05) is 31.1 Å². The molecule has 2 fully saturated rings. The van der Waals surface area contributed by atoms with E-state index in [1.807, 2.05) is 11.8 Å². The number of nitrogens with zero attached hydrogens (tertiary/aromatic N) is 2. The van der Waals surface area contributed by atoms with Crippen LogP contribution in [0.2, 0.25) is 0 Å². The predicted octanol–water partition coefficient (Wildman–Crippen LogP) is 4.64. The molecule has 2 aromatic rings. The normalized spacial score (nSPS) is 21.6. The lowest BCUT2D eigenvalue weighted by atomic mass is 9.95. The minimum atomic E-state index is -0.992. The van der Waals surface area contributed by atoms with Crippen LogP contribution in [0.5, 0.6) is 0 Å². The van der Waals surface area contributed by atoms with E-state index < -0.39 is 17.8 Å². The maximum absolute atomic E-state index is 14.2. The zero-order valence-corrected chi connectivity index (χ0v) is 22.3. The molecule has 1 N–H and O–H groups in total. The van der Waals surface area contributed by atoms with Crippen LogP contribution in [0.15, 0.2) is 30.3 Å². The first-order chi connectivity index (χ1) is 18.4. The summed E-state index contributed by atoms with van der Waals surface area (Å²) in [6, 6.07) is 7.79. The maximum Gasteiger partial charge on any atom is 0.325 e. The van der Waals surface area contributed by atoms with Crippen LogP contribution in [0.1, 0.15) is 73.1 Å². The Bertz CT molecular complexity index is 1120. The summed E-state index contributed by atoms with van der Waals surface area (Å²) in [6.45, 7) is 4.91. The van der Waals surface area contributed by atoms with Gasteiger partial charge in [0.2, 0.25) is 0 Å². The summed E-state index contributed by atoms with van der Waals surface area (Å²) in [6.07, 6.45) is 8.38. The molecule has 0 amide bonds. The SMILES string of the molecule is CC1(OCc2ccc(F)cc2C(C(=O)O)N2CC[C@@H](OCCCCc3ccc4c(n3)CCCC4)C2)COC1. The maximum atomic E-state index is 14.2. The number of fused-ring (bicyclic) bond motifs is 1. The number of unbranched alkanes of at least 4 members (excludes halogenated alkanes) is 1. The molecule has 1 unspecified atom stereocenters. The first kappa shape index (κ1) is 27.2. The van der Waals surface area contributed by atoms with E-state index in [4.69, 9.17) is 19.2 Å². The molecule has 3 heterocycles. The molecule has 0 saturated carbocycles. The standard InChI is InChI=1S/C30H39FN2O5/c1-30(19-36-20-30)38-18-22-9-11-23(31)16-26(22)28(29(34)35)33-14-13-25(17-33)37-15-5-4-7-24-12-10-21-6-2-3-8-27(21)32-24/h9-12,16,25,28H,2-8,13-15,17-20H2,1H3,(H,34,35)/t25-,28?/m1/s1. The molecule has 1 aliphatic carbocycles. The van der Waals surface area contributed by atoms with Gasteiger partial charge >= 0.3 is 5.97 Å². The number of carbonyl (C=O) groups is 1. The van der Waals surface area contributed by atoms with Crippen molar-refractivity contribution in [1.82, 2.24) is 9.88 Å². The highest BCUT2D eigenvalue weighted by atomic mass is 19.1. The van der Waals surface area contributed by atoms with E-state index in [0.717, 1.165) is 44.2 Å². The van der Waals surface area contributed by atoms with Gasteiger partial charge < -0.3 is 19.3 Å². The van der Waals surface area contributed by atoms with Crippen molar-refractivity contribution in [1.29, 1.82) is 0 Å². The van der Waals surface area contributed by atoms with E-state index in [1.165, 1.54) is 36.2 Å². The van der Waals surface area contributed by atoms with Crippen LogP contribution in [0.4, 0.5) is 4.39 Å². The number of hydrogen-bond donors (Lipinski definition) is 1. The van der Waals surface area contributed by atoms with E-state index >= 15 is 0 Å². The molecule has 1 aromatic carbocycles. The number of aromatic nitrogens is 1. The molecule has 5 rings (SSSR count). The lowest BCUT2D eigenvalue weighted by molar-refractivity contribution is -0.204. The Labute approximate surface area is 224 Å². The second kappa shape index (κ2) is 12.2. The van der Waals surface area contributed by atoms with Crippen molar-refractivity contribution in [3.63, 3.8) is 0 Å². The molecular weight excluding hydrogens is 487 g/mol. The van der Waals surface area contributed by atoms with Crippen LogP contribution in [0, 0.1) is 5.82 Å². The molecule has 2 saturated heterocycles. The molecular formula is C30H39FN2O5. The number of carboxylic acids is 1. The summed E-state index contributed by atoms with van der Waals surface area (Å²) < 4.78 is 31.6. The number of carboxylic acid groups (broad SMARTS) is 1. The minimum absolute atomic E-state index is 0.0296. The Kier molecular flexibility index (Phi) is 8.73. The van der Waals surface area contributed by atoms with Crippen molar-refractivity contribution in [3.05, 3.63) is 64.2 Å². The Morgan fingerprint density at radius 2 is 2.08 bits per heavy atom. The summed E-state index contributed by atoms with van der Waals surface area (Å²) in [5.74, 6) is -1.44. The summed E-state index contributed by atoms with van der Waals surface area (Å²) in [7, 11) is 0. The quantitative estimate of drug-likeness (QED) is 0.404. The number of halogens is 1. The van der Waals surface area contributed by atoms with Gasteiger partial charge in [-0.25, -0.2) is 4.39 Å². The van der Waals surface area contributed by atoms with Crippen molar-refractivity contribution >= 4 is 5.97 Å². The highest BCUT2D eigenvalue weighted by Gasteiger charge is 2.37. The number of aliphatic carboxylic acids is 1. The predicted molar refractivity (Wildman–Crippen MR) is 141 cm³/mol. The molecule has 8 heteroatoms. The summed E-state index contributed by atoms with van der Waals surface area (Å²) >= 11 is 0. The molecule has 0 radical (unpaired) electrons. The third-order valence-corrected chi connectivity index (χ3v) is 7.99. The van der Waals surface area contributed by atoms with Crippen LogP contribution in [0.3, 0.4) is 0 Å². The molecule has 1 aromatic heterocycles. The lowest BCUT2D eigenvalue weighted by Crippen LogP contribution is -2.49. The number of likely N-dealkylation sites (tertiary alicyclic amines) is 1. The molecule has 38 heavy (non-hydrogen) atoms. The van der Waals surface area contributed by atoms with E-state index in [0.29, 0.717) is 44.0 Å². The Hall–Kier alpha value is -2.39. The average Bonchev–Trinajstić information content (AvgIpc) is 3.35. The fraction of sp³-hybridized carbons (Fsp3) is 0.600. The van der Waals surface area contributed by atoms with Crippen molar-refractivity contribution < 1.29 is 28.5 Å². The average molecular weight is 527 g/mol. The number of pyridine rings is 1. The van der Waals surface area contributed by atoms with Crippen molar-refractivity contribution in [3.8, 4) is 0 Å². The summed E-state index contributed by atoms with van der Waals surface area (Å²) in [4.78, 5) is 19.1. The van der Waals surface area contributed by atoms with E-state index in [-0.39, 0.29) is 18.3 Å². The van der Waals surface area contributed by atoms with Crippen LogP contribution in [0.25, 0.3) is 0 Å². The largest absolute Gasteiger partial charge is 0.480 e. The first-order valence-corrected chi connectivity index (χ1v) is 14.0.